The van der Waals surface area contributed by atoms with E-state index < -0.39 is 17.7 Å². The fraction of sp³-hybridized carbons (Fsp3) is 0.818. The second-order valence-corrected chi connectivity index (χ2v) is 4.49. The summed E-state index contributed by atoms with van der Waals surface area (Å²) in [6, 6.07) is 0. The predicted molar refractivity (Wildman–Crippen MR) is 55.3 cm³/mol. The number of esters is 1. The number of hydrogen-bond donors (Lipinski definition) is 0. The Bertz CT molecular complexity index is 297. The number of ether oxygens (including phenoxy) is 1. The van der Waals surface area contributed by atoms with Gasteiger partial charge in [0.15, 0.2) is 0 Å². The van der Waals surface area contributed by atoms with Crippen LogP contribution in [0.3, 0.4) is 0 Å². The number of carbonyl (C=O) groups is 2. The summed E-state index contributed by atoms with van der Waals surface area (Å²) >= 11 is 0. The zero-order valence-corrected chi connectivity index (χ0v) is 10.4. The van der Waals surface area contributed by atoms with Crippen LogP contribution in [-0.2, 0) is 14.3 Å². The molecule has 0 amide bonds. The second-order valence-electron chi connectivity index (χ2n) is 4.49. The van der Waals surface area contributed by atoms with Crippen LogP contribution in [0.5, 0.6) is 0 Å². The molecule has 0 aliphatic heterocycles. The van der Waals surface area contributed by atoms with Crippen molar-refractivity contribution in [1.82, 2.24) is 0 Å². The van der Waals surface area contributed by atoms with Gasteiger partial charge in [-0.05, 0) is 13.3 Å². The summed E-state index contributed by atoms with van der Waals surface area (Å²) in [4.78, 5) is 22.2. The molecule has 0 aromatic carbocycles. The quantitative estimate of drug-likeness (QED) is 0.708. The normalized spacial score (nSPS) is 15.5. The van der Waals surface area contributed by atoms with Crippen LogP contribution >= 0.6 is 0 Å². The van der Waals surface area contributed by atoms with Gasteiger partial charge in [-0.2, -0.15) is 13.2 Å². The molecule has 0 spiro atoms. The lowest BCUT2D eigenvalue weighted by molar-refractivity contribution is -0.213. The smallest absolute Gasteiger partial charge is 0.452 e. The summed E-state index contributed by atoms with van der Waals surface area (Å²) in [6.07, 6.45) is -5.09. The highest BCUT2D eigenvalue weighted by molar-refractivity contribution is 5.82. The standard InChI is InChI=1S/C11H17F3O3/c1-5-10(4,6-8(15)7(2)3)17-9(16)11(12,13)14/h7H,5-6H2,1-4H3. The van der Waals surface area contributed by atoms with Crippen molar-refractivity contribution in [1.29, 1.82) is 0 Å². The maximum atomic E-state index is 12.1. The third-order valence-corrected chi connectivity index (χ3v) is 2.51. The summed E-state index contributed by atoms with van der Waals surface area (Å²) < 4.78 is 40.5. The van der Waals surface area contributed by atoms with E-state index in [-0.39, 0.29) is 24.5 Å². The van der Waals surface area contributed by atoms with Crippen LogP contribution in [0, 0.1) is 5.92 Å². The molecule has 0 aliphatic carbocycles. The molecule has 0 bridgehead atoms. The Morgan fingerprint density at radius 3 is 2.00 bits per heavy atom. The van der Waals surface area contributed by atoms with Gasteiger partial charge >= 0.3 is 12.1 Å². The first-order chi connectivity index (χ1) is 7.52. The summed E-state index contributed by atoms with van der Waals surface area (Å²) in [7, 11) is 0. The maximum absolute atomic E-state index is 12.1. The maximum Gasteiger partial charge on any atom is 0.490 e. The lowest BCUT2D eigenvalue weighted by atomic mass is 9.91. The van der Waals surface area contributed by atoms with Crippen LogP contribution in [0.25, 0.3) is 0 Å². The molecule has 0 aromatic rings. The highest BCUT2D eigenvalue weighted by Crippen LogP contribution is 2.27. The number of carbonyl (C=O) groups excluding carboxylic acids is 2. The summed E-state index contributed by atoms with van der Waals surface area (Å²) in [5, 5.41) is 0. The summed E-state index contributed by atoms with van der Waals surface area (Å²) in [5.74, 6) is -2.78. The highest BCUT2D eigenvalue weighted by atomic mass is 19.4. The van der Waals surface area contributed by atoms with E-state index in [2.05, 4.69) is 4.74 Å². The first-order valence-corrected chi connectivity index (χ1v) is 5.34. The molecule has 0 saturated carbocycles. The van der Waals surface area contributed by atoms with Crippen LogP contribution in [-0.4, -0.2) is 23.5 Å². The lowest BCUT2D eigenvalue weighted by Crippen LogP contribution is -2.39. The molecule has 0 rings (SSSR count). The minimum atomic E-state index is -5.03. The monoisotopic (exact) mass is 254 g/mol. The minimum absolute atomic E-state index is 0.146. The largest absolute Gasteiger partial charge is 0.490 e. The van der Waals surface area contributed by atoms with Crippen LogP contribution < -0.4 is 0 Å². The predicted octanol–water partition coefficient (Wildman–Crippen LogP) is 2.88. The Kier molecular flexibility index (Phi) is 5.16. The highest BCUT2D eigenvalue weighted by Gasteiger charge is 2.45. The third-order valence-electron chi connectivity index (χ3n) is 2.51. The van der Waals surface area contributed by atoms with Crippen LogP contribution in [0.15, 0.2) is 0 Å². The molecule has 3 nitrogen and oxygen atoms in total. The van der Waals surface area contributed by atoms with Gasteiger partial charge in [-0.3, -0.25) is 4.79 Å². The van der Waals surface area contributed by atoms with Crippen molar-refractivity contribution in [3.8, 4) is 0 Å². The molecule has 100 valence electrons. The van der Waals surface area contributed by atoms with Crippen LogP contribution in [0.4, 0.5) is 13.2 Å². The minimum Gasteiger partial charge on any atom is -0.452 e. The first-order valence-electron chi connectivity index (χ1n) is 5.34. The Morgan fingerprint density at radius 2 is 1.71 bits per heavy atom. The molecule has 6 heteroatoms. The Labute approximate surface area is 98.3 Å². The van der Waals surface area contributed by atoms with Gasteiger partial charge in [-0.15, -0.1) is 0 Å². The molecule has 17 heavy (non-hydrogen) atoms. The van der Waals surface area contributed by atoms with E-state index in [4.69, 9.17) is 0 Å². The number of rotatable bonds is 5. The van der Waals surface area contributed by atoms with Crippen molar-refractivity contribution in [2.24, 2.45) is 5.92 Å². The van der Waals surface area contributed by atoms with Crippen molar-refractivity contribution in [2.75, 3.05) is 0 Å². The van der Waals surface area contributed by atoms with Gasteiger partial charge in [0, 0.05) is 12.3 Å². The molecule has 0 aromatic heterocycles. The van der Waals surface area contributed by atoms with E-state index in [1.54, 1.807) is 20.8 Å². The third kappa shape index (κ3) is 5.19. The van der Waals surface area contributed by atoms with Crippen LogP contribution in [0.2, 0.25) is 0 Å². The van der Waals surface area contributed by atoms with Crippen molar-refractivity contribution in [3.05, 3.63) is 0 Å². The summed E-state index contributed by atoms with van der Waals surface area (Å²) in [6.45, 7) is 6.18. The van der Waals surface area contributed by atoms with E-state index in [9.17, 15) is 22.8 Å². The Balaban J connectivity index is 4.70. The van der Waals surface area contributed by atoms with E-state index in [0.29, 0.717) is 0 Å². The Morgan fingerprint density at radius 1 is 1.24 bits per heavy atom. The van der Waals surface area contributed by atoms with E-state index >= 15 is 0 Å². The van der Waals surface area contributed by atoms with E-state index in [0.717, 1.165) is 0 Å². The topological polar surface area (TPSA) is 43.4 Å². The van der Waals surface area contributed by atoms with Gasteiger partial charge in [0.1, 0.15) is 11.4 Å². The number of alkyl halides is 3. The van der Waals surface area contributed by atoms with Crippen molar-refractivity contribution >= 4 is 11.8 Å². The van der Waals surface area contributed by atoms with E-state index in [1.165, 1.54) is 6.92 Å². The molecule has 0 aliphatic rings. The van der Waals surface area contributed by atoms with Gasteiger partial charge in [0.05, 0.1) is 0 Å². The van der Waals surface area contributed by atoms with Crippen molar-refractivity contribution < 1.29 is 27.5 Å². The number of hydrogen-bond acceptors (Lipinski definition) is 3. The molecule has 1 atom stereocenters. The van der Waals surface area contributed by atoms with Gasteiger partial charge < -0.3 is 4.74 Å². The summed E-state index contributed by atoms with van der Waals surface area (Å²) in [5.41, 5.74) is -1.39. The molecule has 0 radical (unpaired) electrons. The fourth-order valence-electron chi connectivity index (χ4n) is 1.09. The lowest BCUT2D eigenvalue weighted by Gasteiger charge is -2.28. The molecule has 0 N–H and O–H groups in total. The fourth-order valence-corrected chi connectivity index (χ4v) is 1.09. The van der Waals surface area contributed by atoms with Crippen molar-refractivity contribution in [2.45, 2.75) is 52.3 Å². The molecule has 0 heterocycles. The molecule has 1 unspecified atom stereocenters. The van der Waals surface area contributed by atoms with Gasteiger partial charge in [-0.1, -0.05) is 20.8 Å². The Hall–Kier alpha value is -1.07. The van der Waals surface area contributed by atoms with Crippen molar-refractivity contribution in [3.63, 3.8) is 0 Å². The average molecular weight is 254 g/mol. The SMILES string of the molecule is CCC(C)(CC(=O)C(C)C)OC(=O)C(F)(F)F. The molecule has 0 saturated heterocycles. The first kappa shape index (κ1) is 15.9. The number of ketones is 1. The zero-order valence-electron chi connectivity index (χ0n) is 10.4. The van der Waals surface area contributed by atoms with E-state index in [1.807, 2.05) is 0 Å². The number of halogens is 3. The zero-order chi connectivity index (χ0) is 13.9. The van der Waals surface area contributed by atoms with Gasteiger partial charge in [-0.25, -0.2) is 4.79 Å². The second kappa shape index (κ2) is 5.51. The molecule has 0 fully saturated rings. The van der Waals surface area contributed by atoms with Gasteiger partial charge in [0.2, 0.25) is 0 Å². The van der Waals surface area contributed by atoms with Crippen LogP contribution in [0.1, 0.15) is 40.5 Å². The molecular formula is C11H17F3O3. The number of Topliss-reactive ketones (excluding diaryl/α,β-unsaturated/α-hetero) is 1. The average Bonchev–Trinajstić information content (AvgIpc) is 2.15. The van der Waals surface area contributed by atoms with Gasteiger partial charge in [0.25, 0.3) is 0 Å². The molecular weight excluding hydrogens is 237 g/mol.